The second kappa shape index (κ2) is 13.3. The summed E-state index contributed by atoms with van der Waals surface area (Å²) in [6.45, 7) is 0. The number of aromatic nitrogens is 1. The number of thiophene rings is 2. The molecule has 9 aromatic carbocycles. The third-order valence-corrected chi connectivity index (χ3v) is 14.0. The van der Waals surface area contributed by atoms with Crippen LogP contribution in [-0.4, -0.2) is 4.57 Å². The number of rotatable bonds is 6. The topological polar surface area (TPSA) is 8.17 Å². The Labute approximate surface area is 343 Å². The third kappa shape index (κ3) is 5.30. The van der Waals surface area contributed by atoms with Crippen LogP contribution in [0.2, 0.25) is 0 Å². The van der Waals surface area contributed by atoms with Gasteiger partial charge in [-0.1, -0.05) is 140 Å². The van der Waals surface area contributed by atoms with Crippen molar-refractivity contribution in [3.8, 4) is 27.9 Å². The minimum absolute atomic E-state index is 1.12. The maximum atomic E-state index is 2.45. The Morgan fingerprint density at radius 2 is 0.966 bits per heavy atom. The highest BCUT2D eigenvalue weighted by Gasteiger charge is 2.20. The van der Waals surface area contributed by atoms with Gasteiger partial charge in [0.15, 0.2) is 0 Å². The first-order chi connectivity index (χ1) is 28.7. The van der Waals surface area contributed by atoms with E-state index in [4.69, 9.17) is 0 Å². The number of nitrogens with zero attached hydrogens (tertiary/aromatic N) is 2. The van der Waals surface area contributed by atoms with Gasteiger partial charge >= 0.3 is 0 Å². The van der Waals surface area contributed by atoms with Crippen LogP contribution in [0.25, 0.3) is 90.1 Å². The summed E-state index contributed by atoms with van der Waals surface area (Å²) >= 11 is 3.74. The average Bonchev–Trinajstić information content (AvgIpc) is 3.96. The van der Waals surface area contributed by atoms with Gasteiger partial charge in [-0.05, 0) is 99.8 Å². The van der Waals surface area contributed by atoms with E-state index in [9.17, 15) is 0 Å². The van der Waals surface area contributed by atoms with Crippen LogP contribution >= 0.6 is 22.7 Å². The van der Waals surface area contributed by atoms with E-state index in [-0.39, 0.29) is 0 Å². The Hall–Kier alpha value is -6.98. The third-order valence-electron chi connectivity index (χ3n) is 11.6. The van der Waals surface area contributed by atoms with Crippen molar-refractivity contribution in [3.63, 3.8) is 0 Å². The molecular weight excluding hydrogens is 741 g/mol. The molecule has 3 heterocycles. The summed E-state index contributed by atoms with van der Waals surface area (Å²) in [5.41, 5.74) is 10.6. The summed E-state index contributed by atoms with van der Waals surface area (Å²) in [6, 6.07) is 75.5. The van der Waals surface area contributed by atoms with E-state index in [1.807, 2.05) is 22.7 Å². The SMILES string of the molecule is c1ccc(-n2c3cc(-c4ccc(N(c5ccc(-c6ccc7ccccc7c6)cc5)c5cccc6c5sc5ccccc56)cc4)ccc3c3c4ccccc4sc32)cc1. The fraction of sp³-hybridized carbons (Fsp3) is 0. The highest BCUT2D eigenvalue weighted by molar-refractivity contribution is 7.26. The molecule has 0 unspecified atom stereocenters. The van der Waals surface area contributed by atoms with E-state index < -0.39 is 0 Å². The Morgan fingerprint density at radius 1 is 0.379 bits per heavy atom. The van der Waals surface area contributed by atoms with Gasteiger partial charge in [-0.3, -0.25) is 0 Å². The van der Waals surface area contributed by atoms with Crippen LogP contribution in [-0.2, 0) is 0 Å². The van der Waals surface area contributed by atoms with Crippen LogP contribution in [0.4, 0.5) is 17.1 Å². The molecule has 0 aliphatic rings. The molecular formula is C54H34N2S2. The van der Waals surface area contributed by atoms with Crippen molar-refractivity contribution in [2.24, 2.45) is 0 Å². The molecule has 12 aromatic rings. The van der Waals surface area contributed by atoms with Crippen LogP contribution in [0.5, 0.6) is 0 Å². The maximum absolute atomic E-state index is 2.45. The van der Waals surface area contributed by atoms with Gasteiger partial charge in [0, 0.05) is 53.4 Å². The smallest absolute Gasteiger partial charge is 0.109 e. The van der Waals surface area contributed by atoms with Gasteiger partial charge in [0.25, 0.3) is 0 Å². The van der Waals surface area contributed by atoms with Crippen LogP contribution < -0.4 is 4.90 Å². The van der Waals surface area contributed by atoms with Crippen molar-refractivity contribution >= 4 is 102 Å². The van der Waals surface area contributed by atoms with Crippen LogP contribution in [0, 0.1) is 0 Å². The number of hydrogen-bond donors (Lipinski definition) is 0. The zero-order valence-electron chi connectivity index (χ0n) is 31.3. The van der Waals surface area contributed by atoms with Crippen molar-refractivity contribution in [2.45, 2.75) is 0 Å². The molecule has 12 rings (SSSR count). The molecule has 0 amide bonds. The summed E-state index contributed by atoms with van der Waals surface area (Å²) in [5.74, 6) is 0. The van der Waals surface area contributed by atoms with E-state index >= 15 is 0 Å². The molecule has 4 heteroatoms. The molecule has 0 radical (unpaired) electrons. The second-order valence-electron chi connectivity index (χ2n) is 14.9. The Bertz CT molecular complexity index is 3500. The predicted octanol–water partition coefficient (Wildman–Crippen LogP) is 16.3. The monoisotopic (exact) mass is 774 g/mol. The van der Waals surface area contributed by atoms with E-state index in [1.54, 1.807) is 0 Å². The molecule has 0 aliphatic heterocycles. The zero-order chi connectivity index (χ0) is 38.2. The van der Waals surface area contributed by atoms with Crippen molar-refractivity contribution < 1.29 is 0 Å². The lowest BCUT2D eigenvalue weighted by molar-refractivity contribution is 1.19. The summed E-state index contributed by atoms with van der Waals surface area (Å²) in [4.78, 5) is 3.71. The normalized spacial score (nSPS) is 11.8. The number of anilines is 3. The first-order valence-electron chi connectivity index (χ1n) is 19.7. The minimum Gasteiger partial charge on any atom is -0.309 e. The summed E-state index contributed by atoms with van der Waals surface area (Å²) in [7, 11) is 0. The molecule has 0 saturated heterocycles. The molecule has 0 fully saturated rings. The maximum Gasteiger partial charge on any atom is 0.109 e. The molecule has 0 atom stereocenters. The molecule has 58 heavy (non-hydrogen) atoms. The number of hydrogen-bond acceptors (Lipinski definition) is 3. The van der Waals surface area contributed by atoms with Crippen LogP contribution in [0.15, 0.2) is 206 Å². The Kier molecular flexibility index (Phi) is 7.62. The predicted molar refractivity (Wildman–Crippen MR) is 252 cm³/mol. The van der Waals surface area contributed by atoms with Gasteiger partial charge in [0.2, 0.25) is 0 Å². The first kappa shape index (κ1) is 33.2. The largest absolute Gasteiger partial charge is 0.309 e. The zero-order valence-corrected chi connectivity index (χ0v) is 33.0. The minimum atomic E-state index is 1.12. The summed E-state index contributed by atoms with van der Waals surface area (Å²) in [5, 5.41) is 9.03. The fourth-order valence-electron chi connectivity index (χ4n) is 8.81. The molecule has 0 saturated carbocycles. The Morgan fingerprint density at radius 3 is 1.72 bits per heavy atom. The van der Waals surface area contributed by atoms with Gasteiger partial charge in [-0.25, -0.2) is 0 Å². The van der Waals surface area contributed by atoms with Gasteiger partial charge in [0.05, 0.1) is 15.9 Å². The second-order valence-corrected chi connectivity index (χ2v) is 17.0. The average molecular weight is 775 g/mol. The highest BCUT2D eigenvalue weighted by atomic mass is 32.1. The van der Waals surface area contributed by atoms with E-state index in [0.29, 0.717) is 0 Å². The lowest BCUT2D eigenvalue weighted by Gasteiger charge is -2.26. The molecule has 272 valence electrons. The number of para-hydroxylation sites is 1. The van der Waals surface area contributed by atoms with Crippen LogP contribution in [0.1, 0.15) is 0 Å². The van der Waals surface area contributed by atoms with Crippen molar-refractivity contribution in [1.82, 2.24) is 4.57 Å². The molecule has 0 spiro atoms. The van der Waals surface area contributed by atoms with Crippen molar-refractivity contribution in [1.29, 1.82) is 0 Å². The lowest BCUT2D eigenvalue weighted by Crippen LogP contribution is -2.10. The molecule has 0 N–H and O–H groups in total. The van der Waals surface area contributed by atoms with Crippen molar-refractivity contribution in [2.75, 3.05) is 4.90 Å². The first-order valence-corrected chi connectivity index (χ1v) is 21.3. The lowest BCUT2D eigenvalue weighted by atomic mass is 10.0. The molecule has 2 nitrogen and oxygen atoms in total. The summed E-state index contributed by atoms with van der Waals surface area (Å²) in [6.07, 6.45) is 0. The quantitative estimate of drug-likeness (QED) is 0.163. The molecule has 0 bridgehead atoms. The van der Waals surface area contributed by atoms with E-state index in [0.717, 1.165) is 11.4 Å². The van der Waals surface area contributed by atoms with E-state index in [2.05, 4.69) is 216 Å². The number of fused-ring (bicyclic) bond motifs is 9. The van der Waals surface area contributed by atoms with Gasteiger partial charge in [-0.2, -0.15) is 0 Å². The van der Waals surface area contributed by atoms with Gasteiger partial charge in [0.1, 0.15) is 4.83 Å². The number of benzene rings is 9. The highest BCUT2D eigenvalue weighted by Crippen LogP contribution is 2.46. The molecule has 0 aliphatic carbocycles. The summed E-state index contributed by atoms with van der Waals surface area (Å²) < 4.78 is 6.35. The van der Waals surface area contributed by atoms with E-state index in [1.165, 1.54) is 95.8 Å². The standard InChI is InChI=1S/C54H34N2S2/c1-2-13-41(14-3-1)56-49-34-40(27-32-46(49)52-47-16-7-9-20-51(47)58-54(52)56)37-25-30-43(31-26-37)55(48-18-10-17-45-44-15-6-8-19-50(44)57-53(45)48)42-28-23-36(24-29-42)39-22-21-35-11-4-5-12-38(35)33-39/h1-34H. The fourth-order valence-corrected chi connectivity index (χ4v) is 11.3. The Balaban J connectivity index is 0.985. The van der Waals surface area contributed by atoms with Crippen LogP contribution in [0.3, 0.4) is 0 Å². The molecule has 3 aromatic heterocycles. The van der Waals surface area contributed by atoms with Crippen molar-refractivity contribution in [3.05, 3.63) is 206 Å². The van der Waals surface area contributed by atoms with Gasteiger partial charge < -0.3 is 9.47 Å². The van der Waals surface area contributed by atoms with Gasteiger partial charge in [-0.15, -0.1) is 22.7 Å².